The van der Waals surface area contributed by atoms with Gasteiger partial charge in [0.15, 0.2) is 0 Å². The summed E-state index contributed by atoms with van der Waals surface area (Å²) in [5, 5.41) is 0. The smallest absolute Gasteiger partial charge is 0 e. The van der Waals surface area contributed by atoms with Gasteiger partial charge in [0, 0.05) is 71.0 Å². The summed E-state index contributed by atoms with van der Waals surface area (Å²) >= 11 is -0.490. The normalized spacial score (nSPS) is 14.5. The van der Waals surface area contributed by atoms with E-state index in [2.05, 4.69) is 60.0 Å². The van der Waals surface area contributed by atoms with Crippen molar-refractivity contribution in [1.82, 2.24) is 0 Å². The van der Waals surface area contributed by atoms with E-state index in [0.29, 0.717) is 17.8 Å². The van der Waals surface area contributed by atoms with Crippen LogP contribution in [-0.4, -0.2) is 163 Å². The zero-order chi connectivity index (χ0) is 14.6. The van der Waals surface area contributed by atoms with Crippen molar-refractivity contribution in [2.45, 2.75) is 71.2 Å². The van der Waals surface area contributed by atoms with Gasteiger partial charge in [-0.3, -0.25) is 0 Å². The van der Waals surface area contributed by atoms with Gasteiger partial charge >= 0.3 is 177 Å². The molecule has 2 nitrogen and oxygen atoms in total. The minimum absolute atomic E-state index is 0. The van der Waals surface area contributed by atoms with Crippen LogP contribution in [0.1, 0.15) is 48.5 Å². The first kappa shape index (κ1) is 42.2. The molecule has 12 radical (unpaired) electrons. The quantitative estimate of drug-likeness (QED) is 0.337. The van der Waals surface area contributed by atoms with E-state index in [-0.39, 0.29) is 163 Å². The van der Waals surface area contributed by atoms with Gasteiger partial charge < -0.3 is 0 Å². The second-order valence-corrected chi connectivity index (χ2v) is 8.83. The molecule has 0 bridgehead atoms. The third kappa shape index (κ3) is 15.5. The molecule has 0 heterocycles. The van der Waals surface area contributed by atoms with Gasteiger partial charge in [-0.2, -0.15) is 0 Å². The van der Waals surface area contributed by atoms with Gasteiger partial charge in [0.05, 0.1) is 0 Å². The largest absolute Gasteiger partial charge is 0 e. The molecule has 0 N–H and O–H groups in total. The second kappa shape index (κ2) is 20.3. The number of hydrogen-bond donors (Lipinski definition) is 0. The predicted molar refractivity (Wildman–Crippen MR) is 115 cm³/mol. The molecule has 0 aromatic carbocycles. The predicted octanol–water partition coefficient (Wildman–Crippen LogP) is 0.845. The van der Waals surface area contributed by atoms with E-state index < -0.39 is 0 Å². The van der Waals surface area contributed by atoms with Crippen LogP contribution in [0.4, 0.5) is 0 Å². The second-order valence-electron chi connectivity index (χ2n) is 6.26. The average molecular weight is 1010 g/mol. The summed E-state index contributed by atoms with van der Waals surface area (Å²) < 4.78 is 12.1. The van der Waals surface area contributed by atoms with Crippen LogP contribution >= 0.6 is 0 Å². The van der Waals surface area contributed by atoms with Crippen molar-refractivity contribution in [1.29, 1.82) is 0 Å². The van der Waals surface area contributed by atoms with Crippen LogP contribution in [0.3, 0.4) is 0 Å². The van der Waals surface area contributed by atoms with Gasteiger partial charge in [-0.25, -0.2) is 0 Å². The van der Waals surface area contributed by atoms with E-state index in [1.165, 1.54) is 0 Å². The summed E-state index contributed by atoms with van der Waals surface area (Å²) in [6.45, 7) is 15.9. The fraction of sp³-hybridized carbons (Fsp3) is 1.00. The summed E-state index contributed by atoms with van der Waals surface area (Å²) in [6, 6.07) is 0. The van der Waals surface area contributed by atoms with Crippen molar-refractivity contribution >= 4 is 151 Å². The first-order chi connectivity index (χ1) is 8.10. The molecule has 138 valence electrons. The van der Waals surface area contributed by atoms with Crippen molar-refractivity contribution in [3.63, 3.8) is 0 Å². The summed E-state index contributed by atoms with van der Waals surface area (Å²) in [4.78, 5) is 0. The fourth-order valence-corrected chi connectivity index (χ4v) is 5.40. The Morgan fingerprint density at radius 2 is 0.870 bits per heavy atom. The Kier molecular flexibility index (Phi) is 37.2. The van der Waals surface area contributed by atoms with E-state index in [1.807, 2.05) is 0 Å². The Bertz CT molecular complexity index is 240. The van der Waals surface area contributed by atoms with Crippen molar-refractivity contribution in [2.75, 3.05) is 0 Å². The Morgan fingerprint density at radius 1 is 0.652 bits per heavy atom. The maximum absolute atomic E-state index is 6.03. The van der Waals surface area contributed by atoms with Crippen molar-refractivity contribution in [3.8, 4) is 0 Å². The van der Waals surface area contributed by atoms with Gasteiger partial charge in [0.25, 0.3) is 0 Å². The molecule has 0 aromatic rings. The molecule has 0 aliphatic carbocycles. The Hall–Kier alpha value is 5.01. The van der Waals surface area contributed by atoms with Gasteiger partial charge in [-0.1, -0.05) is 0 Å². The maximum Gasteiger partial charge on any atom is 0 e. The summed E-state index contributed by atoms with van der Waals surface area (Å²) in [6.07, 6.45) is 0. The van der Waals surface area contributed by atoms with Crippen LogP contribution in [0, 0.1) is 17.8 Å². The standard InChI is InChI=1S/C14H30Ge2O2.2Sb.3Te.4H/c1-10(11(2)13(4,5)17-15-8)12(3)14(6,7)18-16-9;;;;;;;;;/h10-12H,1-9H3;;;;;;;;;. The van der Waals surface area contributed by atoms with Crippen molar-refractivity contribution in [2.24, 2.45) is 17.8 Å². The molecule has 0 saturated carbocycles. The van der Waals surface area contributed by atoms with Gasteiger partial charge in [-0.15, -0.1) is 0 Å². The minimum atomic E-state index is -0.245. The Balaban J connectivity index is -0.000000144. The molecule has 2 atom stereocenters. The Labute approximate surface area is 243 Å². The summed E-state index contributed by atoms with van der Waals surface area (Å²) in [5.74, 6) is 6.05. The zero-order valence-corrected chi connectivity index (χ0v) is 33.7. The van der Waals surface area contributed by atoms with Crippen LogP contribution in [0.25, 0.3) is 0 Å². The fourth-order valence-electron chi connectivity index (χ4n) is 2.41. The molecule has 2 unspecified atom stereocenters. The molecular formula is C14H34Ge2O2Sb2Te3. The topological polar surface area (TPSA) is 18.5 Å². The van der Waals surface area contributed by atoms with Gasteiger partial charge in [0.2, 0.25) is 0 Å². The van der Waals surface area contributed by atoms with Crippen molar-refractivity contribution in [3.05, 3.63) is 0 Å². The van der Waals surface area contributed by atoms with Crippen LogP contribution in [0.15, 0.2) is 0 Å². The summed E-state index contributed by atoms with van der Waals surface area (Å²) in [7, 11) is 0. The molecule has 0 saturated heterocycles. The van der Waals surface area contributed by atoms with Crippen LogP contribution in [-0.2, 0) is 7.53 Å². The molecule has 0 aromatic heterocycles. The van der Waals surface area contributed by atoms with E-state index in [0.717, 1.165) is 0 Å². The van der Waals surface area contributed by atoms with Crippen LogP contribution in [0.5, 0.6) is 0 Å². The molecule has 0 amide bonds. The van der Waals surface area contributed by atoms with Crippen LogP contribution < -0.4 is 0 Å². The monoisotopic (exact) mass is 1010 g/mol. The van der Waals surface area contributed by atoms with E-state index >= 15 is 0 Å². The van der Waals surface area contributed by atoms with Gasteiger partial charge in [0.1, 0.15) is 0 Å². The van der Waals surface area contributed by atoms with Gasteiger partial charge in [-0.05, 0) is 0 Å². The first-order valence-corrected chi connectivity index (χ1v) is 12.7. The molecule has 9 heteroatoms. The molecule has 0 fully saturated rings. The first-order valence-electron chi connectivity index (χ1n) is 6.79. The molecule has 0 aliphatic heterocycles. The van der Waals surface area contributed by atoms with E-state index in [4.69, 9.17) is 7.53 Å². The molecule has 23 heavy (non-hydrogen) atoms. The molecule has 0 aliphatic rings. The van der Waals surface area contributed by atoms with Crippen LogP contribution in [0.2, 0.25) is 11.5 Å². The SMILES string of the molecule is [CH3][Ge][O]C(C)(C)C(C)C(C)C(C)C(C)(C)[O][Ge][CH3].[SbH2].[SbH2].[Te].[Te].[Te]. The van der Waals surface area contributed by atoms with E-state index in [9.17, 15) is 0 Å². The number of rotatable bonds is 8. The third-order valence-electron chi connectivity index (χ3n) is 4.50. The Morgan fingerprint density at radius 3 is 1.04 bits per heavy atom. The third-order valence-corrected chi connectivity index (χ3v) is 7.56. The zero-order valence-electron chi connectivity index (χ0n) is 15.9. The molecular weight excluding hydrogens is 972 g/mol. The maximum atomic E-state index is 6.03. The number of hydrogen-bond acceptors (Lipinski definition) is 2. The summed E-state index contributed by atoms with van der Waals surface area (Å²) in [5.41, 5.74) is -0.0258. The average Bonchev–Trinajstić information content (AvgIpc) is 2.25. The van der Waals surface area contributed by atoms with Crippen molar-refractivity contribution < 1.29 is 7.53 Å². The molecule has 0 spiro atoms. The van der Waals surface area contributed by atoms with E-state index in [1.54, 1.807) is 0 Å². The minimum Gasteiger partial charge on any atom is 0 e. The molecule has 0 rings (SSSR count).